The predicted molar refractivity (Wildman–Crippen MR) is 309 cm³/mol. The lowest BCUT2D eigenvalue weighted by atomic mass is 9.89. The highest BCUT2D eigenvalue weighted by molar-refractivity contribution is 6.21. The van der Waals surface area contributed by atoms with Crippen molar-refractivity contribution in [2.75, 3.05) is 0 Å². The average molecular weight is 1050 g/mol. The van der Waals surface area contributed by atoms with Gasteiger partial charge in [-0.2, -0.15) is 31.6 Å². The Labute approximate surface area is 451 Å². The van der Waals surface area contributed by atoms with E-state index >= 15 is 26.3 Å². The molecule has 0 spiro atoms. The Morgan fingerprint density at radius 1 is 0.300 bits per heavy atom. The van der Waals surface area contributed by atoms with Gasteiger partial charge in [-0.25, -0.2) is 0 Å². The van der Waals surface area contributed by atoms with Crippen LogP contribution in [0.4, 0.5) is 26.3 Å². The monoisotopic (exact) mass is 1050 g/mol. The molecule has 0 amide bonds. The lowest BCUT2D eigenvalue weighted by molar-refractivity contribution is -0.142. The van der Waals surface area contributed by atoms with Crippen LogP contribution in [0.5, 0.6) is 0 Å². The molecule has 4 heterocycles. The summed E-state index contributed by atoms with van der Waals surface area (Å²) < 4.78 is 100. The van der Waals surface area contributed by atoms with E-state index in [9.17, 15) is 5.26 Å². The van der Waals surface area contributed by atoms with Crippen LogP contribution in [-0.4, -0.2) is 18.3 Å². The Morgan fingerprint density at radius 2 is 0.688 bits per heavy atom. The Hall–Kier alpha value is -10.3. The van der Waals surface area contributed by atoms with Crippen molar-refractivity contribution in [3.05, 3.63) is 253 Å². The zero-order valence-electron chi connectivity index (χ0n) is 42.0. The highest BCUT2D eigenvalue weighted by Gasteiger charge is 2.41. The van der Waals surface area contributed by atoms with Gasteiger partial charge in [0.2, 0.25) is 0 Å². The van der Waals surface area contributed by atoms with Gasteiger partial charge >= 0.3 is 12.4 Å². The number of rotatable bonds is 6. The molecular weight excluding hydrogens is 1010 g/mol. The van der Waals surface area contributed by atoms with Gasteiger partial charge in [-0.3, -0.25) is 0 Å². The quantitative estimate of drug-likeness (QED) is 0.153. The maximum Gasteiger partial charge on any atom is 0.417 e. The topological polar surface area (TPSA) is 43.5 Å². The van der Waals surface area contributed by atoms with Gasteiger partial charge in [0.25, 0.3) is 0 Å². The second-order valence-electron chi connectivity index (χ2n) is 20.1. The molecule has 0 aliphatic carbocycles. The first kappa shape index (κ1) is 46.9. The van der Waals surface area contributed by atoms with Gasteiger partial charge in [0.05, 0.1) is 78.3 Å². The van der Waals surface area contributed by atoms with Gasteiger partial charge in [-0.05, 0) is 115 Å². The molecule has 0 bridgehead atoms. The van der Waals surface area contributed by atoms with Crippen molar-refractivity contribution in [1.29, 1.82) is 5.26 Å². The van der Waals surface area contributed by atoms with Crippen LogP contribution in [0, 0.1) is 11.3 Å². The highest BCUT2D eigenvalue weighted by Crippen LogP contribution is 2.50. The Balaban J connectivity index is 1.10. The van der Waals surface area contributed by atoms with E-state index in [-0.39, 0.29) is 16.7 Å². The Bertz CT molecular complexity index is 5070. The SMILES string of the molecule is N#Cc1cccc(-n2c3ccccc3c3cc4c5ccccc5n(-c5ccccc5)c4cc32)c1-c1cc(-c2c(C(F)(F)F)cccc2C(F)(F)F)ccc1-n1c2ccccc2c2cc3c4ccccc4n(-c4ccccc4)c3cc21. The first-order valence-electron chi connectivity index (χ1n) is 26.0. The minimum Gasteiger partial charge on any atom is -0.309 e. The number of aromatic nitrogens is 4. The summed E-state index contributed by atoms with van der Waals surface area (Å²) in [4.78, 5) is 0. The fraction of sp³-hybridized carbons (Fsp3) is 0.0290. The Morgan fingerprint density at radius 3 is 1.12 bits per heavy atom. The van der Waals surface area contributed by atoms with E-state index in [0.717, 1.165) is 105 Å². The molecule has 5 nitrogen and oxygen atoms in total. The fourth-order valence-corrected chi connectivity index (χ4v) is 12.6. The van der Waals surface area contributed by atoms with Crippen molar-refractivity contribution in [1.82, 2.24) is 18.3 Å². The second-order valence-corrected chi connectivity index (χ2v) is 20.1. The number of hydrogen-bond donors (Lipinski definition) is 0. The number of hydrogen-bond acceptors (Lipinski definition) is 1. The first-order chi connectivity index (χ1) is 39.0. The van der Waals surface area contributed by atoms with Gasteiger partial charge in [0.1, 0.15) is 0 Å². The van der Waals surface area contributed by atoms with Crippen LogP contribution in [0.15, 0.2) is 237 Å². The van der Waals surface area contributed by atoms with Gasteiger partial charge in [-0.1, -0.05) is 127 Å². The summed E-state index contributed by atoms with van der Waals surface area (Å²) in [7, 11) is 0. The average Bonchev–Trinajstić information content (AvgIpc) is 3.71. The third-order valence-corrected chi connectivity index (χ3v) is 15.8. The molecule has 0 saturated heterocycles. The summed E-state index contributed by atoms with van der Waals surface area (Å²) in [6, 6.07) is 75.0. The lowest BCUT2D eigenvalue weighted by Crippen LogP contribution is -2.14. The summed E-state index contributed by atoms with van der Waals surface area (Å²) in [5, 5.41) is 19.0. The van der Waals surface area contributed by atoms with E-state index in [1.807, 2.05) is 132 Å². The summed E-state index contributed by atoms with van der Waals surface area (Å²) in [6.45, 7) is 0. The predicted octanol–water partition coefficient (Wildman–Crippen LogP) is 19.3. The molecule has 0 fully saturated rings. The van der Waals surface area contributed by atoms with Gasteiger partial charge in [-0.15, -0.1) is 0 Å². The minimum atomic E-state index is -5.17. The highest BCUT2D eigenvalue weighted by atomic mass is 19.4. The molecule has 80 heavy (non-hydrogen) atoms. The maximum atomic E-state index is 15.3. The molecule has 0 N–H and O–H groups in total. The van der Waals surface area contributed by atoms with E-state index in [4.69, 9.17) is 0 Å². The van der Waals surface area contributed by atoms with Crippen LogP contribution in [0.3, 0.4) is 0 Å². The molecule has 4 aromatic heterocycles. The van der Waals surface area contributed by atoms with Gasteiger partial charge in [0.15, 0.2) is 0 Å². The van der Waals surface area contributed by atoms with Crippen LogP contribution in [0.25, 0.3) is 132 Å². The summed E-state index contributed by atoms with van der Waals surface area (Å²) in [5.41, 5.74) is 6.02. The standard InChI is InChI=1S/C69H39F6N5/c70-68(71,72)54-26-16-27-55(69(73,74)75)67(54)41-33-34-60(79-58-30-13-9-24-47(58)51-36-49-45-22-7-11-28-56(45)77(62(49)38-64(51)79)43-18-3-1-4-19-43)53(35-41)66-42(40-76)17-15-32-61(66)80-59-31-14-10-25-48(59)52-37-50-46-23-8-12-29-57(46)78(63(50)39-65(52)80)44-20-5-2-6-21-44/h1-39H. The largest absolute Gasteiger partial charge is 0.417 e. The van der Waals surface area contributed by atoms with E-state index in [0.29, 0.717) is 29.1 Å². The third-order valence-electron chi connectivity index (χ3n) is 15.8. The molecule has 11 heteroatoms. The number of benzene rings is 11. The minimum absolute atomic E-state index is 0.152. The smallest absolute Gasteiger partial charge is 0.309 e. The Kier molecular flexibility index (Phi) is 10.2. The molecule has 0 unspecified atom stereocenters. The molecule has 0 aliphatic rings. The lowest BCUT2D eigenvalue weighted by Gasteiger charge is -2.23. The molecule has 15 rings (SSSR count). The zero-order chi connectivity index (χ0) is 54.2. The number of halogens is 6. The molecular formula is C69H39F6N5. The van der Waals surface area contributed by atoms with E-state index in [1.54, 1.807) is 18.2 Å². The zero-order valence-corrected chi connectivity index (χ0v) is 42.0. The van der Waals surface area contributed by atoms with Crippen LogP contribution >= 0.6 is 0 Å². The maximum absolute atomic E-state index is 15.3. The first-order valence-corrected chi connectivity index (χ1v) is 26.0. The van der Waals surface area contributed by atoms with Crippen molar-refractivity contribution in [2.45, 2.75) is 12.4 Å². The molecule has 11 aromatic carbocycles. The number of nitriles is 1. The third kappa shape index (κ3) is 6.91. The number of para-hydroxylation sites is 6. The molecule has 382 valence electrons. The van der Waals surface area contributed by atoms with Crippen molar-refractivity contribution in [3.63, 3.8) is 0 Å². The second kappa shape index (κ2) is 17.3. The molecule has 0 radical (unpaired) electrons. The molecule has 15 aromatic rings. The van der Waals surface area contributed by atoms with Crippen LogP contribution in [-0.2, 0) is 12.4 Å². The van der Waals surface area contributed by atoms with Crippen LogP contribution in [0.1, 0.15) is 16.7 Å². The van der Waals surface area contributed by atoms with E-state index in [1.165, 1.54) is 12.1 Å². The van der Waals surface area contributed by atoms with Crippen molar-refractivity contribution in [2.24, 2.45) is 0 Å². The van der Waals surface area contributed by atoms with E-state index in [2.05, 4.69) is 80.4 Å². The molecule has 0 atom stereocenters. The number of alkyl halides is 6. The fourth-order valence-electron chi connectivity index (χ4n) is 12.6. The van der Waals surface area contributed by atoms with Crippen molar-refractivity contribution in [3.8, 4) is 51.1 Å². The number of nitrogens with zero attached hydrogens (tertiary/aromatic N) is 5. The van der Waals surface area contributed by atoms with E-state index < -0.39 is 29.0 Å². The molecule has 0 saturated carbocycles. The summed E-state index contributed by atoms with van der Waals surface area (Å²) >= 11 is 0. The van der Waals surface area contributed by atoms with Crippen LogP contribution < -0.4 is 0 Å². The summed E-state index contributed by atoms with van der Waals surface area (Å²) in [5.74, 6) is 0. The van der Waals surface area contributed by atoms with Gasteiger partial charge < -0.3 is 18.3 Å². The number of fused-ring (bicyclic) bond motifs is 12. The van der Waals surface area contributed by atoms with Crippen molar-refractivity contribution >= 4 is 87.2 Å². The molecule has 0 aliphatic heterocycles. The normalized spacial score (nSPS) is 12.4. The van der Waals surface area contributed by atoms with Gasteiger partial charge in [0, 0.05) is 71.2 Å². The van der Waals surface area contributed by atoms with Crippen molar-refractivity contribution < 1.29 is 26.3 Å². The van der Waals surface area contributed by atoms with Crippen LogP contribution in [0.2, 0.25) is 0 Å². The summed E-state index contributed by atoms with van der Waals surface area (Å²) in [6.07, 6.45) is -10.3.